The van der Waals surface area contributed by atoms with Crippen LogP contribution in [0.4, 0.5) is 5.69 Å². The fourth-order valence-corrected chi connectivity index (χ4v) is 4.77. The third kappa shape index (κ3) is 4.65. The molecular weight excluding hydrogens is 428 g/mol. The topological polar surface area (TPSA) is 84.9 Å². The summed E-state index contributed by atoms with van der Waals surface area (Å²) in [5, 5.41) is 0.515. The van der Waals surface area contributed by atoms with E-state index in [9.17, 15) is 13.2 Å². The number of rotatable bonds is 4. The Kier molecular flexibility index (Phi) is 6.06. The van der Waals surface area contributed by atoms with Crippen molar-refractivity contribution in [2.24, 2.45) is 0 Å². The van der Waals surface area contributed by atoms with Crippen molar-refractivity contribution in [3.05, 3.63) is 47.5 Å². The molecule has 0 aromatic heterocycles. The zero-order valence-electron chi connectivity index (χ0n) is 16.3. The maximum Gasteiger partial charge on any atom is 0.267 e. The quantitative estimate of drug-likeness (QED) is 0.768. The summed E-state index contributed by atoms with van der Waals surface area (Å²) in [7, 11) is -3.81. The first kappa shape index (κ1) is 20.8. The molecule has 1 saturated heterocycles. The molecular formula is C21H23ClN2O5S. The Bertz CT molecular complexity index is 1020. The van der Waals surface area contributed by atoms with Crippen molar-refractivity contribution in [3.8, 4) is 11.5 Å². The fourth-order valence-electron chi connectivity index (χ4n) is 3.57. The zero-order chi connectivity index (χ0) is 21.1. The number of hydrogen-bond acceptors (Lipinski definition) is 5. The molecule has 0 radical (unpaired) electrons. The maximum absolute atomic E-state index is 12.8. The summed E-state index contributed by atoms with van der Waals surface area (Å²) in [5.41, 5.74) is 0.400. The number of halogens is 1. The van der Waals surface area contributed by atoms with Gasteiger partial charge in [0.15, 0.2) is 11.5 Å². The summed E-state index contributed by atoms with van der Waals surface area (Å²) in [6.45, 7) is 1.52. The number of carbonyl (C=O) groups is 1. The molecule has 0 bridgehead atoms. The molecule has 2 aromatic rings. The molecule has 0 aliphatic carbocycles. The van der Waals surface area contributed by atoms with Gasteiger partial charge in [0.05, 0.1) is 4.90 Å². The lowest BCUT2D eigenvalue weighted by Gasteiger charge is -2.30. The molecule has 2 aliphatic rings. The molecule has 1 atom stereocenters. The molecule has 7 nitrogen and oxygen atoms in total. The standard InChI is InChI=1S/C21H23ClN2O5S/c22-15-5-7-16(8-6-15)23-30(26,27)17-9-10-18-19(13-17)28-14-20(29-18)21(25)24-11-3-1-2-4-12-24/h5-10,13,20,23H,1-4,11-12,14H2. The minimum Gasteiger partial charge on any atom is -0.485 e. The van der Waals surface area contributed by atoms with Crippen LogP contribution >= 0.6 is 11.6 Å². The van der Waals surface area contributed by atoms with E-state index in [1.165, 1.54) is 18.2 Å². The first-order valence-corrected chi connectivity index (χ1v) is 11.8. The second kappa shape index (κ2) is 8.73. The average Bonchev–Trinajstić information content (AvgIpc) is 3.03. The lowest BCUT2D eigenvalue weighted by molar-refractivity contribution is -0.141. The van der Waals surface area contributed by atoms with Crippen LogP contribution in [-0.2, 0) is 14.8 Å². The number of nitrogens with zero attached hydrogens (tertiary/aromatic N) is 1. The Morgan fingerprint density at radius 1 is 1.00 bits per heavy atom. The predicted octanol–water partition coefficient (Wildman–Crippen LogP) is 3.68. The number of likely N-dealkylation sites (tertiary alicyclic amines) is 1. The molecule has 2 heterocycles. The Labute approximate surface area is 181 Å². The van der Waals surface area contributed by atoms with Gasteiger partial charge in [-0.15, -0.1) is 0 Å². The summed E-state index contributed by atoms with van der Waals surface area (Å²) in [4.78, 5) is 14.6. The molecule has 2 aliphatic heterocycles. The van der Waals surface area contributed by atoms with Crippen LogP contribution in [0, 0.1) is 0 Å². The highest BCUT2D eigenvalue weighted by Crippen LogP contribution is 2.35. The van der Waals surface area contributed by atoms with E-state index in [4.69, 9.17) is 21.1 Å². The van der Waals surface area contributed by atoms with E-state index in [1.54, 1.807) is 24.3 Å². The van der Waals surface area contributed by atoms with Crippen LogP contribution in [-0.4, -0.2) is 45.0 Å². The number of amides is 1. The molecule has 1 fully saturated rings. The number of benzene rings is 2. The maximum atomic E-state index is 12.8. The first-order valence-electron chi connectivity index (χ1n) is 9.93. The highest BCUT2D eigenvalue weighted by atomic mass is 35.5. The lowest BCUT2D eigenvalue weighted by Crippen LogP contribution is -2.46. The molecule has 4 rings (SSSR count). The fraction of sp³-hybridized carbons (Fsp3) is 0.381. The highest BCUT2D eigenvalue weighted by molar-refractivity contribution is 7.92. The smallest absolute Gasteiger partial charge is 0.267 e. The number of ether oxygens (including phenoxy) is 2. The van der Waals surface area contributed by atoms with Gasteiger partial charge in [-0.05, 0) is 49.2 Å². The van der Waals surface area contributed by atoms with Crippen LogP contribution in [0.3, 0.4) is 0 Å². The average molecular weight is 451 g/mol. The summed E-state index contributed by atoms with van der Waals surface area (Å²) >= 11 is 5.84. The van der Waals surface area contributed by atoms with E-state index in [0.717, 1.165) is 38.8 Å². The largest absolute Gasteiger partial charge is 0.485 e. The Hall–Kier alpha value is -2.45. The Balaban J connectivity index is 1.47. The van der Waals surface area contributed by atoms with E-state index in [1.807, 2.05) is 4.90 Å². The molecule has 1 amide bonds. The van der Waals surface area contributed by atoms with E-state index >= 15 is 0 Å². The van der Waals surface area contributed by atoms with Gasteiger partial charge in [0, 0.05) is 29.9 Å². The summed E-state index contributed by atoms with van der Waals surface area (Å²) in [6, 6.07) is 10.7. The van der Waals surface area contributed by atoms with Gasteiger partial charge in [0.25, 0.3) is 15.9 Å². The highest BCUT2D eigenvalue weighted by Gasteiger charge is 2.32. The molecule has 160 valence electrons. The number of sulfonamides is 1. The molecule has 0 saturated carbocycles. The zero-order valence-corrected chi connectivity index (χ0v) is 17.9. The molecule has 0 spiro atoms. The minimum atomic E-state index is -3.81. The number of hydrogen-bond donors (Lipinski definition) is 1. The van der Waals surface area contributed by atoms with Crippen molar-refractivity contribution in [1.82, 2.24) is 4.90 Å². The Morgan fingerprint density at radius 3 is 2.40 bits per heavy atom. The SMILES string of the molecule is O=C(C1COc2cc(S(=O)(=O)Nc3ccc(Cl)cc3)ccc2O1)N1CCCCCC1. The van der Waals surface area contributed by atoms with Gasteiger partial charge in [0.2, 0.25) is 6.10 Å². The van der Waals surface area contributed by atoms with E-state index in [0.29, 0.717) is 22.2 Å². The van der Waals surface area contributed by atoms with Crippen molar-refractivity contribution in [2.45, 2.75) is 36.7 Å². The van der Waals surface area contributed by atoms with Gasteiger partial charge < -0.3 is 14.4 Å². The van der Waals surface area contributed by atoms with Gasteiger partial charge in [0.1, 0.15) is 6.61 Å². The molecule has 1 N–H and O–H groups in total. The van der Waals surface area contributed by atoms with Crippen LogP contribution in [0.2, 0.25) is 5.02 Å². The number of fused-ring (bicyclic) bond motifs is 1. The second-order valence-corrected chi connectivity index (χ2v) is 9.50. The van der Waals surface area contributed by atoms with E-state index in [-0.39, 0.29) is 17.4 Å². The van der Waals surface area contributed by atoms with Crippen molar-refractivity contribution < 1.29 is 22.7 Å². The molecule has 2 aromatic carbocycles. The van der Waals surface area contributed by atoms with E-state index < -0.39 is 16.1 Å². The van der Waals surface area contributed by atoms with Crippen LogP contribution in [0.25, 0.3) is 0 Å². The summed E-state index contributed by atoms with van der Waals surface area (Å²) in [6.07, 6.45) is 3.55. The number of carbonyl (C=O) groups excluding carboxylic acids is 1. The van der Waals surface area contributed by atoms with Crippen LogP contribution in [0.15, 0.2) is 47.4 Å². The third-order valence-corrected chi connectivity index (χ3v) is 6.81. The second-order valence-electron chi connectivity index (χ2n) is 7.38. The van der Waals surface area contributed by atoms with Crippen LogP contribution in [0.1, 0.15) is 25.7 Å². The van der Waals surface area contributed by atoms with Crippen molar-refractivity contribution >= 4 is 33.2 Å². The van der Waals surface area contributed by atoms with Crippen LogP contribution in [0.5, 0.6) is 11.5 Å². The first-order chi connectivity index (χ1) is 14.4. The van der Waals surface area contributed by atoms with Gasteiger partial charge in [-0.3, -0.25) is 9.52 Å². The molecule has 9 heteroatoms. The van der Waals surface area contributed by atoms with Gasteiger partial charge in [-0.2, -0.15) is 0 Å². The van der Waals surface area contributed by atoms with Gasteiger partial charge >= 0.3 is 0 Å². The van der Waals surface area contributed by atoms with Crippen molar-refractivity contribution in [1.29, 1.82) is 0 Å². The number of nitrogens with one attached hydrogen (secondary N) is 1. The van der Waals surface area contributed by atoms with Crippen molar-refractivity contribution in [2.75, 3.05) is 24.4 Å². The Morgan fingerprint density at radius 2 is 1.70 bits per heavy atom. The third-order valence-electron chi connectivity index (χ3n) is 5.17. The monoisotopic (exact) mass is 450 g/mol. The van der Waals surface area contributed by atoms with Crippen LogP contribution < -0.4 is 14.2 Å². The minimum absolute atomic E-state index is 0.0390. The lowest BCUT2D eigenvalue weighted by atomic mass is 10.2. The van der Waals surface area contributed by atoms with Gasteiger partial charge in [-0.25, -0.2) is 8.42 Å². The summed E-state index contributed by atoms with van der Waals surface area (Å²) < 4.78 is 39.4. The van der Waals surface area contributed by atoms with Gasteiger partial charge in [-0.1, -0.05) is 24.4 Å². The normalized spacial score (nSPS) is 19.1. The van der Waals surface area contributed by atoms with Crippen molar-refractivity contribution in [3.63, 3.8) is 0 Å². The molecule has 1 unspecified atom stereocenters. The molecule has 30 heavy (non-hydrogen) atoms. The van der Waals surface area contributed by atoms with E-state index in [2.05, 4.69) is 4.72 Å². The predicted molar refractivity (Wildman–Crippen MR) is 114 cm³/mol. The summed E-state index contributed by atoms with van der Waals surface area (Å²) in [5.74, 6) is 0.581. The number of anilines is 1.